The first kappa shape index (κ1) is 15.9. The van der Waals surface area contributed by atoms with Gasteiger partial charge in [0.05, 0.1) is 15.6 Å². The number of hydrogen-bond donors (Lipinski definition) is 1. The van der Waals surface area contributed by atoms with Crippen LogP contribution in [-0.2, 0) is 5.60 Å². The Hall–Kier alpha value is -0.480. The molecule has 112 valence electrons. The molecule has 0 heterocycles. The van der Waals surface area contributed by atoms with Crippen molar-refractivity contribution in [3.63, 3.8) is 0 Å². The Balaban J connectivity index is 2.58. The van der Waals surface area contributed by atoms with E-state index in [1.807, 2.05) is 27.7 Å². The van der Waals surface area contributed by atoms with Crippen LogP contribution >= 0.6 is 15.9 Å². The van der Waals surface area contributed by atoms with Crippen LogP contribution in [0.1, 0.15) is 52.5 Å². The van der Waals surface area contributed by atoms with Crippen molar-refractivity contribution in [1.82, 2.24) is 0 Å². The molecule has 2 rings (SSSR count). The van der Waals surface area contributed by atoms with Gasteiger partial charge in [-0.2, -0.15) is 0 Å². The predicted molar refractivity (Wildman–Crippen MR) is 79.4 cm³/mol. The molecule has 0 aromatic heterocycles. The zero-order chi connectivity index (χ0) is 15.3. The van der Waals surface area contributed by atoms with Gasteiger partial charge in [-0.05, 0) is 58.2 Å². The third kappa shape index (κ3) is 2.91. The molecule has 0 saturated heterocycles. The molecule has 1 aromatic rings. The second-order valence-electron chi connectivity index (χ2n) is 7.61. The van der Waals surface area contributed by atoms with Crippen LogP contribution in [-0.4, -0.2) is 5.11 Å². The number of rotatable bonds is 1. The van der Waals surface area contributed by atoms with Gasteiger partial charge in [-0.15, -0.1) is 0 Å². The van der Waals surface area contributed by atoms with Crippen molar-refractivity contribution < 1.29 is 13.9 Å². The number of aliphatic hydroxyl groups is 1. The summed E-state index contributed by atoms with van der Waals surface area (Å²) in [6.07, 6.45) is 1.63. The van der Waals surface area contributed by atoms with Crippen LogP contribution in [0.3, 0.4) is 0 Å². The minimum Gasteiger partial charge on any atom is -0.385 e. The predicted octanol–water partition coefficient (Wildman–Crippen LogP) is 5.15. The van der Waals surface area contributed by atoms with E-state index in [1.165, 1.54) is 12.1 Å². The lowest BCUT2D eigenvalue weighted by Gasteiger charge is -2.49. The summed E-state index contributed by atoms with van der Waals surface area (Å²) in [4.78, 5) is 0. The van der Waals surface area contributed by atoms with Gasteiger partial charge in [0, 0.05) is 0 Å². The lowest BCUT2D eigenvalue weighted by molar-refractivity contribution is -0.0951. The van der Waals surface area contributed by atoms with E-state index in [-0.39, 0.29) is 20.9 Å². The molecule has 0 atom stereocenters. The van der Waals surface area contributed by atoms with Crippen LogP contribution in [0.5, 0.6) is 0 Å². The van der Waals surface area contributed by atoms with Crippen LogP contribution in [0.2, 0.25) is 0 Å². The minimum absolute atomic E-state index is 0.169. The molecule has 20 heavy (non-hydrogen) atoms. The number of hydrogen-bond acceptors (Lipinski definition) is 1. The Kier molecular flexibility index (Phi) is 3.79. The molecule has 0 amide bonds. The Labute approximate surface area is 127 Å². The highest BCUT2D eigenvalue weighted by molar-refractivity contribution is 9.10. The average molecular weight is 347 g/mol. The fraction of sp³-hybridized carbons (Fsp3) is 0.625. The van der Waals surface area contributed by atoms with Gasteiger partial charge in [0.2, 0.25) is 0 Å². The molecule has 0 aliphatic heterocycles. The molecular weight excluding hydrogens is 326 g/mol. The second-order valence-corrected chi connectivity index (χ2v) is 8.46. The molecule has 1 fully saturated rings. The van der Waals surface area contributed by atoms with Crippen molar-refractivity contribution in [3.05, 3.63) is 33.8 Å². The molecule has 1 aliphatic rings. The summed E-state index contributed by atoms with van der Waals surface area (Å²) in [6, 6.07) is 2.53. The fourth-order valence-electron chi connectivity index (χ4n) is 4.20. The minimum atomic E-state index is -1.47. The maximum absolute atomic E-state index is 14.3. The maximum atomic E-state index is 14.3. The lowest BCUT2D eigenvalue weighted by Crippen LogP contribution is -2.45. The average Bonchev–Trinajstić information content (AvgIpc) is 2.18. The van der Waals surface area contributed by atoms with E-state index in [2.05, 4.69) is 15.9 Å². The summed E-state index contributed by atoms with van der Waals surface area (Å²) >= 11 is 3.08. The van der Waals surface area contributed by atoms with Crippen molar-refractivity contribution in [3.8, 4) is 0 Å². The van der Waals surface area contributed by atoms with Crippen molar-refractivity contribution >= 4 is 15.9 Å². The topological polar surface area (TPSA) is 20.2 Å². The largest absolute Gasteiger partial charge is 0.385 e. The second kappa shape index (κ2) is 4.77. The van der Waals surface area contributed by atoms with Crippen LogP contribution in [0.4, 0.5) is 8.78 Å². The van der Waals surface area contributed by atoms with Crippen molar-refractivity contribution in [1.29, 1.82) is 0 Å². The Morgan fingerprint density at radius 1 is 1.00 bits per heavy atom. The standard InChI is InChI=1S/C16H21BrF2O/c1-14(2)7-15(3,4)9-16(20,8-14)12-11(18)6-5-10(17)13(12)19/h5-6,20H,7-9H2,1-4H3. The van der Waals surface area contributed by atoms with E-state index in [1.54, 1.807) is 0 Å². The van der Waals surface area contributed by atoms with Gasteiger partial charge < -0.3 is 5.11 Å². The Morgan fingerprint density at radius 3 is 2.00 bits per heavy atom. The SMILES string of the molecule is CC1(C)CC(C)(C)CC(O)(c2c(F)ccc(Br)c2F)C1. The fourth-order valence-corrected chi connectivity index (χ4v) is 4.53. The Bertz CT molecular complexity index is 522. The van der Waals surface area contributed by atoms with Crippen LogP contribution in [0.15, 0.2) is 16.6 Å². The summed E-state index contributed by atoms with van der Waals surface area (Å²) in [6.45, 7) is 8.14. The summed E-state index contributed by atoms with van der Waals surface area (Å²) < 4.78 is 28.7. The summed E-state index contributed by atoms with van der Waals surface area (Å²) in [5.41, 5.74) is -2.01. The van der Waals surface area contributed by atoms with Gasteiger partial charge in [-0.3, -0.25) is 0 Å². The van der Waals surface area contributed by atoms with E-state index < -0.39 is 17.2 Å². The molecule has 0 radical (unpaired) electrons. The molecule has 4 heteroatoms. The smallest absolute Gasteiger partial charge is 0.146 e. The summed E-state index contributed by atoms with van der Waals surface area (Å²) in [5.74, 6) is -1.37. The van der Waals surface area contributed by atoms with E-state index in [4.69, 9.17) is 0 Å². The first-order valence-electron chi connectivity index (χ1n) is 6.82. The highest BCUT2D eigenvalue weighted by atomic mass is 79.9. The third-order valence-electron chi connectivity index (χ3n) is 4.01. The first-order valence-corrected chi connectivity index (χ1v) is 7.62. The van der Waals surface area contributed by atoms with Gasteiger partial charge in [-0.25, -0.2) is 8.78 Å². The van der Waals surface area contributed by atoms with Gasteiger partial charge >= 0.3 is 0 Å². The molecule has 1 aromatic carbocycles. The zero-order valence-corrected chi connectivity index (χ0v) is 13.9. The summed E-state index contributed by atoms with van der Waals surface area (Å²) in [5, 5.41) is 11.0. The van der Waals surface area contributed by atoms with Gasteiger partial charge in [0.1, 0.15) is 11.6 Å². The zero-order valence-electron chi connectivity index (χ0n) is 12.4. The number of benzene rings is 1. The van der Waals surface area contributed by atoms with Gasteiger partial charge in [-0.1, -0.05) is 27.7 Å². The van der Waals surface area contributed by atoms with E-state index in [0.717, 1.165) is 6.42 Å². The van der Waals surface area contributed by atoms with Crippen LogP contribution in [0.25, 0.3) is 0 Å². The highest BCUT2D eigenvalue weighted by Crippen LogP contribution is 2.54. The lowest BCUT2D eigenvalue weighted by atomic mass is 9.58. The van der Waals surface area contributed by atoms with Crippen LogP contribution < -0.4 is 0 Å². The quantitative estimate of drug-likeness (QED) is 0.697. The first-order chi connectivity index (χ1) is 8.96. The Morgan fingerprint density at radius 2 is 1.50 bits per heavy atom. The van der Waals surface area contributed by atoms with E-state index in [0.29, 0.717) is 12.8 Å². The molecule has 1 N–H and O–H groups in total. The molecule has 1 aliphatic carbocycles. The van der Waals surface area contributed by atoms with E-state index in [9.17, 15) is 13.9 Å². The monoisotopic (exact) mass is 346 g/mol. The molecule has 0 unspecified atom stereocenters. The molecular formula is C16H21BrF2O. The normalized spacial score (nSPS) is 23.6. The molecule has 1 nitrogen and oxygen atoms in total. The molecule has 0 bridgehead atoms. The summed E-state index contributed by atoms with van der Waals surface area (Å²) in [7, 11) is 0. The van der Waals surface area contributed by atoms with Crippen LogP contribution in [0, 0.1) is 22.5 Å². The van der Waals surface area contributed by atoms with Crippen molar-refractivity contribution in [2.45, 2.75) is 52.6 Å². The third-order valence-corrected chi connectivity index (χ3v) is 4.62. The molecule has 0 spiro atoms. The number of halogens is 3. The maximum Gasteiger partial charge on any atom is 0.146 e. The highest BCUT2D eigenvalue weighted by Gasteiger charge is 2.49. The van der Waals surface area contributed by atoms with Crippen molar-refractivity contribution in [2.24, 2.45) is 10.8 Å². The van der Waals surface area contributed by atoms with Gasteiger partial charge in [0.15, 0.2) is 0 Å². The van der Waals surface area contributed by atoms with Crippen molar-refractivity contribution in [2.75, 3.05) is 0 Å². The van der Waals surface area contributed by atoms with E-state index >= 15 is 0 Å². The molecule has 1 saturated carbocycles. The van der Waals surface area contributed by atoms with Gasteiger partial charge in [0.25, 0.3) is 0 Å².